The van der Waals surface area contributed by atoms with Gasteiger partial charge >= 0.3 is 0 Å². The molecule has 5 heteroatoms. The Morgan fingerprint density at radius 1 is 1.11 bits per heavy atom. The number of hydrogen-bond acceptors (Lipinski definition) is 4. The van der Waals surface area contributed by atoms with Gasteiger partial charge in [-0.25, -0.2) is 0 Å². The highest BCUT2D eigenvalue weighted by atomic mass is 16.5. The van der Waals surface area contributed by atoms with Gasteiger partial charge in [-0.1, -0.05) is 30.3 Å². The van der Waals surface area contributed by atoms with Gasteiger partial charge < -0.3 is 14.8 Å². The van der Waals surface area contributed by atoms with Gasteiger partial charge in [0.1, 0.15) is 5.75 Å². The minimum absolute atomic E-state index is 0.0282. The molecule has 0 heterocycles. The van der Waals surface area contributed by atoms with E-state index in [0.29, 0.717) is 30.0 Å². The van der Waals surface area contributed by atoms with Crippen LogP contribution in [0.5, 0.6) is 5.75 Å². The number of methoxy groups -OCH3 is 1. The standard InChI is InChI=1S/C22H27NO4/c1-16(24)19-10-11-21(26-3)20(14-19)15-22(25)23-12-7-13-27-17(2)18-8-5-4-6-9-18/h4-6,8-11,14,17H,7,12-13,15H2,1-3H3,(H,23,25). The third kappa shape index (κ3) is 6.53. The predicted molar refractivity (Wildman–Crippen MR) is 105 cm³/mol. The number of benzene rings is 2. The predicted octanol–water partition coefficient (Wildman–Crippen LogP) is 3.72. The van der Waals surface area contributed by atoms with E-state index >= 15 is 0 Å². The number of carbonyl (C=O) groups excluding carboxylic acids is 2. The minimum atomic E-state index is -0.106. The molecule has 27 heavy (non-hydrogen) atoms. The molecule has 0 bridgehead atoms. The maximum atomic E-state index is 12.2. The highest BCUT2D eigenvalue weighted by Crippen LogP contribution is 2.21. The summed E-state index contributed by atoms with van der Waals surface area (Å²) >= 11 is 0. The van der Waals surface area contributed by atoms with Gasteiger partial charge in [-0.3, -0.25) is 9.59 Å². The summed E-state index contributed by atoms with van der Waals surface area (Å²) in [7, 11) is 1.55. The molecule has 5 nitrogen and oxygen atoms in total. The van der Waals surface area contributed by atoms with Gasteiger partial charge in [-0.15, -0.1) is 0 Å². The van der Waals surface area contributed by atoms with Crippen molar-refractivity contribution in [3.8, 4) is 5.75 Å². The maximum Gasteiger partial charge on any atom is 0.224 e. The zero-order valence-electron chi connectivity index (χ0n) is 16.2. The highest BCUT2D eigenvalue weighted by Gasteiger charge is 2.11. The molecule has 0 spiro atoms. The fourth-order valence-corrected chi connectivity index (χ4v) is 2.75. The van der Waals surface area contributed by atoms with Gasteiger partial charge in [0, 0.05) is 24.3 Å². The molecule has 1 atom stereocenters. The van der Waals surface area contributed by atoms with Crippen LogP contribution in [-0.4, -0.2) is 32.0 Å². The Balaban J connectivity index is 1.75. The van der Waals surface area contributed by atoms with Gasteiger partial charge in [-0.05, 0) is 44.0 Å². The van der Waals surface area contributed by atoms with Gasteiger partial charge in [0.2, 0.25) is 5.91 Å². The second-order valence-corrected chi connectivity index (χ2v) is 6.39. The Labute approximate surface area is 160 Å². The van der Waals surface area contributed by atoms with Crippen LogP contribution in [0.4, 0.5) is 0 Å². The SMILES string of the molecule is COc1ccc(C(C)=O)cc1CC(=O)NCCCOC(C)c1ccccc1. The first-order valence-corrected chi connectivity index (χ1v) is 9.12. The fraction of sp³-hybridized carbons (Fsp3) is 0.364. The monoisotopic (exact) mass is 369 g/mol. The van der Waals surface area contributed by atoms with E-state index in [1.165, 1.54) is 6.92 Å². The number of Topliss-reactive ketones (excluding diaryl/α,β-unsaturated/α-hetero) is 1. The van der Waals surface area contributed by atoms with Gasteiger partial charge in [0.15, 0.2) is 5.78 Å². The summed E-state index contributed by atoms with van der Waals surface area (Å²) in [4.78, 5) is 23.7. The van der Waals surface area contributed by atoms with E-state index in [-0.39, 0.29) is 24.2 Å². The summed E-state index contributed by atoms with van der Waals surface area (Å²) in [6.07, 6.45) is 0.930. The van der Waals surface area contributed by atoms with Crippen molar-refractivity contribution >= 4 is 11.7 Å². The lowest BCUT2D eigenvalue weighted by molar-refractivity contribution is -0.120. The van der Waals surface area contributed by atoms with Crippen LogP contribution in [0.1, 0.15) is 47.9 Å². The van der Waals surface area contributed by atoms with Gasteiger partial charge in [0.05, 0.1) is 19.6 Å². The lowest BCUT2D eigenvalue weighted by Gasteiger charge is -2.14. The maximum absolute atomic E-state index is 12.2. The molecule has 0 aliphatic heterocycles. The summed E-state index contributed by atoms with van der Waals surface area (Å²) in [6, 6.07) is 15.2. The third-order valence-corrected chi connectivity index (χ3v) is 4.32. The van der Waals surface area contributed by atoms with Crippen molar-refractivity contribution < 1.29 is 19.1 Å². The average Bonchev–Trinajstić information content (AvgIpc) is 2.68. The Bertz CT molecular complexity index is 758. The number of nitrogens with one attached hydrogen (secondary N) is 1. The summed E-state index contributed by atoms with van der Waals surface area (Å²) < 4.78 is 11.1. The molecule has 1 amide bonds. The first-order chi connectivity index (χ1) is 13.0. The van der Waals surface area contributed by atoms with Crippen molar-refractivity contribution in [1.29, 1.82) is 0 Å². The topological polar surface area (TPSA) is 64.6 Å². The molecule has 0 aromatic heterocycles. The lowest BCUT2D eigenvalue weighted by atomic mass is 10.0. The molecule has 2 aromatic rings. The Kier molecular flexibility index (Phi) is 8.01. The minimum Gasteiger partial charge on any atom is -0.496 e. The molecule has 2 rings (SSSR count). The van der Waals surface area contributed by atoms with Gasteiger partial charge in [0.25, 0.3) is 0 Å². The number of ether oxygens (including phenoxy) is 2. The number of rotatable bonds is 10. The van der Waals surface area contributed by atoms with Crippen molar-refractivity contribution in [1.82, 2.24) is 5.32 Å². The molecule has 0 fully saturated rings. The van der Waals surface area contributed by atoms with E-state index in [2.05, 4.69) is 5.32 Å². The average molecular weight is 369 g/mol. The highest BCUT2D eigenvalue weighted by molar-refractivity contribution is 5.94. The van der Waals surface area contributed by atoms with Crippen molar-refractivity contribution in [2.45, 2.75) is 32.8 Å². The summed E-state index contributed by atoms with van der Waals surface area (Å²) in [5.74, 6) is 0.462. The van der Waals surface area contributed by atoms with Crippen LogP contribution < -0.4 is 10.1 Å². The van der Waals surface area contributed by atoms with Gasteiger partial charge in [-0.2, -0.15) is 0 Å². The molecule has 0 aliphatic carbocycles. The third-order valence-electron chi connectivity index (χ3n) is 4.32. The first kappa shape index (κ1) is 20.6. The molecular formula is C22H27NO4. The zero-order valence-corrected chi connectivity index (χ0v) is 16.2. The van der Waals surface area contributed by atoms with Crippen molar-refractivity contribution in [2.24, 2.45) is 0 Å². The second-order valence-electron chi connectivity index (χ2n) is 6.39. The molecule has 0 aliphatic rings. The summed E-state index contributed by atoms with van der Waals surface area (Å²) in [5, 5.41) is 2.89. The largest absolute Gasteiger partial charge is 0.496 e. The first-order valence-electron chi connectivity index (χ1n) is 9.12. The molecule has 1 N–H and O–H groups in total. The second kappa shape index (κ2) is 10.5. The number of carbonyl (C=O) groups is 2. The van der Waals surface area contributed by atoms with E-state index in [9.17, 15) is 9.59 Å². The number of ketones is 1. The molecule has 144 valence electrons. The van der Waals surface area contributed by atoms with Crippen molar-refractivity contribution in [3.63, 3.8) is 0 Å². The molecular weight excluding hydrogens is 342 g/mol. The van der Waals surface area contributed by atoms with Crippen LogP contribution >= 0.6 is 0 Å². The van der Waals surface area contributed by atoms with E-state index in [1.807, 2.05) is 37.3 Å². The van der Waals surface area contributed by atoms with Crippen molar-refractivity contribution in [3.05, 3.63) is 65.2 Å². The molecule has 0 radical (unpaired) electrons. The summed E-state index contributed by atoms with van der Waals surface area (Å²) in [6.45, 7) is 4.62. The van der Waals surface area contributed by atoms with E-state index < -0.39 is 0 Å². The summed E-state index contributed by atoms with van der Waals surface area (Å²) in [5.41, 5.74) is 2.41. The zero-order chi connectivity index (χ0) is 19.6. The normalized spacial score (nSPS) is 11.7. The van der Waals surface area contributed by atoms with Crippen LogP contribution in [-0.2, 0) is 16.0 Å². The van der Waals surface area contributed by atoms with Crippen LogP contribution in [0.15, 0.2) is 48.5 Å². The molecule has 0 saturated heterocycles. The van der Waals surface area contributed by atoms with Crippen LogP contribution in [0.25, 0.3) is 0 Å². The van der Waals surface area contributed by atoms with Crippen molar-refractivity contribution in [2.75, 3.05) is 20.3 Å². The van der Waals surface area contributed by atoms with E-state index in [4.69, 9.17) is 9.47 Å². The fourth-order valence-electron chi connectivity index (χ4n) is 2.75. The molecule has 1 unspecified atom stereocenters. The number of amides is 1. The Morgan fingerprint density at radius 2 is 1.85 bits per heavy atom. The smallest absolute Gasteiger partial charge is 0.224 e. The van der Waals surface area contributed by atoms with Crippen LogP contribution in [0.2, 0.25) is 0 Å². The van der Waals surface area contributed by atoms with Crippen LogP contribution in [0.3, 0.4) is 0 Å². The Hall–Kier alpha value is -2.66. The van der Waals surface area contributed by atoms with Crippen LogP contribution in [0, 0.1) is 0 Å². The molecule has 0 saturated carbocycles. The quantitative estimate of drug-likeness (QED) is 0.512. The number of hydrogen-bond donors (Lipinski definition) is 1. The Morgan fingerprint density at radius 3 is 2.52 bits per heavy atom. The van der Waals surface area contributed by atoms with E-state index in [1.54, 1.807) is 25.3 Å². The molecule has 2 aromatic carbocycles. The van der Waals surface area contributed by atoms with E-state index in [0.717, 1.165) is 12.0 Å². The lowest BCUT2D eigenvalue weighted by Crippen LogP contribution is -2.27.